The SMILES string of the molecule is CCCNc1nc(-c2ccc(C)nc2)ncc1I. The third-order valence-corrected chi connectivity index (χ3v) is 3.25. The molecule has 2 heterocycles. The van der Waals surface area contributed by atoms with Crippen molar-refractivity contribution in [1.29, 1.82) is 0 Å². The summed E-state index contributed by atoms with van der Waals surface area (Å²) in [5.41, 5.74) is 1.94. The summed E-state index contributed by atoms with van der Waals surface area (Å²) in [5.74, 6) is 1.60. The molecule has 2 aromatic heterocycles. The molecule has 94 valence electrons. The zero-order valence-corrected chi connectivity index (χ0v) is 12.6. The van der Waals surface area contributed by atoms with Gasteiger partial charge in [0, 0.05) is 30.2 Å². The van der Waals surface area contributed by atoms with E-state index in [1.807, 2.05) is 25.3 Å². The van der Waals surface area contributed by atoms with Crippen molar-refractivity contribution in [2.45, 2.75) is 20.3 Å². The number of hydrogen-bond acceptors (Lipinski definition) is 4. The molecule has 0 bridgehead atoms. The Labute approximate surface area is 120 Å². The molecule has 0 aliphatic rings. The molecule has 0 atom stereocenters. The minimum Gasteiger partial charge on any atom is -0.369 e. The summed E-state index contributed by atoms with van der Waals surface area (Å²) < 4.78 is 1.03. The van der Waals surface area contributed by atoms with Gasteiger partial charge >= 0.3 is 0 Å². The van der Waals surface area contributed by atoms with E-state index in [0.29, 0.717) is 5.82 Å². The van der Waals surface area contributed by atoms with Crippen molar-refractivity contribution in [3.05, 3.63) is 33.8 Å². The average molecular weight is 354 g/mol. The Bertz CT molecular complexity index is 525. The fourth-order valence-electron chi connectivity index (χ4n) is 1.47. The molecule has 0 saturated heterocycles. The predicted molar refractivity (Wildman–Crippen MR) is 81.5 cm³/mol. The summed E-state index contributed by atoms with van der Waals surface area (Å²) >= 11 is 2.24. The molecule has 5 heteroatoms. The number of aryl methyl sites for hydroxylation is 1. The number of hydrogen-bond donors (Lipinski definition) is 1. The molecular weight excluding hydrogens is 339 g/mol. The van der Waals surface area contributed by atoms with Crippen LogP contribution < -0.4 is 5.32 Å². The van der Waals surface area contributed by atoms with Crippen LogP contribution >= 0.6 is 22.6 Å². The van der Waals surface area contributed by atoms with Gasteiger partial charge in [0.05, 0.1) is 3.57 Å². The van der Waals surface area contributed by atoms with Crippen LogP contribution in [0.2, 0.25) is 0 Å². The lowest BCUT2D eigenvalue weighted by molar-refractivity contribution is 0.963. The summed E-state index contributed by atoms with van der Waals surface area (Å²) in [6.45, 7) is 5.01. The molecule has 4 nitrogen and oxygen atoms in total. The highest BCUT2D eigenvalue weighted by Crippen LogP contribution is 2.20. The summed E-state index contributed by atoms with van der Waals surface area (Å²) in [5, 5.41) is 3.31. The quantitative estimate of drug-likeness (QED) is 0.857. The molecule has 0 aromatic carbocycles. The van der Waals surface area contributed by atoms with Gasteiger partial charge in [-0.15, -0.1) is 0 Å². The highest BCUT2D eigenvalue weighted by Gasteiger charge is 2.06. The first-order valence-corrected chi connectivity index (χ1v) is 6.98. The minimum atomic E-state index is 0.710. The Balaban J connectivity index is 2.31. The Hall–Kier alpha value is -1.24. The van der Waals surface area contributed by atoms with E-state index in [2.05, 4.69) is 49.8 Å². The molecule has 0 fully saturated rings. The van der Waals surface area contributed by atoms with E-state index in [1.165, 1.54) is 0 Å². The lowest BCUT2D eigenvalue weighted by atomic mass is 10.2. The second kappa shape index (κ2) is 6.08. The third kappa shape index (κ3) is 3.16. The number of pyridine rings is 1. The lowest BCUT2D eigenvalue weighted by Crippen LogP contribution is -2.05. The Morgan fingerprint density at radius 1 is 1.22 bits per heavy atom. The summed E-state index contributed by atoms with van der Waals surface area (Å²) in [7, 11) is 0. The van der Waals surface area contributed by atoms with Crippen LogP contribution in [0.3, 0.4) is 0 Å². The zero-order chi connectivity index (χ0) is 13.0. The fourth-order valence-corrected chi connectivity index (χ4v) is 1.92. The van der Waals surface area contributed by atoms with Gasteiger partial charge in [0.25, 0.3) is 0 Å². The fraction of sp³-hybridized carbons (Fsp3) is 0.308. The van der Waals surface area contributed by atoms with Gasteiger partial charge in [-0.1, -0.05) is 6.92 Å². The van der Waals surface area contributed by atoms with Gasteiger partial charge in [0.2, 0.25) is 0 Å². The summed E-state index contributed by atoms with van der Waals surface area (Å²) in [6.07, 6.45) is 4.71. The first-order valence-electron chi connectivity index (χ1n) is 5.90. The number of aromatic nitrogens is 3. The van der Waals surface area contributed by atoms with E-state index in [9.17, 15) is 0 Å². The van der Waals surface area contributed by atoms with Crippen LogP contribution in [0.4, 0.5) is 5.82 Å². The van der Waals surface area contributed by atoms with Crippen LogP contribution in [0.25, 0.3) is 11.4 Å². The van der Waals surface area contributed by atoms with Gasteiger partial charge in [-0.2, -0.15) is 0 Å². The first-order chi connectivity index (χ1) is 8.70. The van der Waals surface area contributed by atoms with E-state index in [0.717, 1.165) is 33.6 Å². The maximum absolute atomic E-state index is 4.54. The van der Waals surface area contributed by atoms with Crippen molar-refractivity contribution in [3.63, 3.8) is 0 Å². The molecule has 0 unspecified atom stereocenters. The van der Waals surface area contributed by atoms with E-state index in [4.69, 9.17) is 0 Å². The van der Waals surface area contributed by atoms with Gasteiger partial charge < -0.3 is 5.32 Å². The maximum atomic E-state index is 4.54. The van der Waals surface area contributed by atoms with Crippen molar-refractivity contribution < 1.29 is 0 Å². The maximum Gasteiger partial charge on any atom is 0.163 e. The number of rotatable bonds is 4. The first kappa shape index (κ1) is 13.2. The topological polar surface area (TPSA) is 50.7 Å². The number of halogens is 1. The molecule has 1 N–H and O–H groups in total. The van der Waals surface area contributed by atoms with E-state index in [1.54, 1.807) is 6.20 Å². The Morgan fingerprint density at radius 3 is 2.72 bits per heavy atom. The van der Waals surface area contributed by atoms with Crippen LogP contribution in [0.5, 0.6) is 0 Å². The highest BCUT2D eigenvalue weighted by molar-refractivity contribution is 14.1. The van der Waals surface area contributed by atoms with E-state index in [-0.39, 0.29) is 0 Å². The van der Waals surface area contributed by atoms with Gasteiger partial charge in [0.15, 0.2) is 5.82 Å². The van der Waals surface area contributed by atoms with Gasteiger partial charge in [-0.05, 0) is 48.1 Å². The molecule has 0 aliphatic heterocycles. The van der Waals surface area contributed by atoms with Crippen LogP contribution in [-0.4, -0.2) is 21.5 Å². The van der Waals surface area contributed by atoms with Crippen LogP contribution in [0, 0.1) is 10.5 Å². The van der Waals surface area contributed by atoms with Crippen molar-refractivity contribution in [1.82, 2.24) is 15.0 Å². The summed E-state index contributed by atoms with van der Waals surface area (Å²) in [4.78, 5) is 13.2. The van der Waals surface area contributed by atoms with Crippen molar-refractivity contribution >= 4 is 28.4 Å². The molecule has 0 saturated carbocycles. The lowest BCUT2D eigenvalue weighted by Gasteiger charge is -2.08. The smallest absolute Gasteiger partial charge is 0.163 e. The number of anilines is 1. The molecule has 2 rings (SSSR count). The number of nitrogens with zero attached hydrogens (tertiary/aromatic N) is 3. The van der Waals surface area contributed by atoms with Gasteiger partial charge in [0.1, 0.15) is 5.82 Å². The standard InChI is InChI=1S/C13H15IN4/c1-3-6-15-13-11(14)8-17-12(18-13)10-5-4-9(2)16-7-10/h4-5,7-8H,3,6H2,1-2H3,(H,15,17,18). The minimum absolute atomic E-state index is 0.710. The van der Waals surface area contributed by atoms with Crippen molar-refractivity contribution in [2.24, 2.45) is 0 Å². The molecule has 0 amide bonds. The third-order valence-electron chi connectivity index (χ3n) is 2.46. The van der Waals surface area contributed by atoms with Crippen molar-refractivity contribution in [3.8, 4) is 11.4 Å². The number of nitrogens with one attached hydrogen (secondary N) is 1. The van der Waals surface area contributed by atoms with Gasteiger partial charge in [-0.25, -0.2) is 9.97 Å². The van der Waals surface area contributed by atoms with E-state index >= 15 is 0 Å². The Kier molecular flexibility index (Phi) is 4.46. The zero-order valence-electron chi connectivity index (χ0n) is 10.4. The molecular formula is C13H15IN4. The van der Waals surface area contributed by atoms with Gasteiger partial charge in [-0.3, -0.25) is 4.98 Å². The molecule has 2 aromatic rings. The van der Waals surface area contributed by atoms with E-state index < -0.39 is 0 Å². The van der Waals surface area contributed by atoms with Crippen LogP contribution in [-0.2, 0) is 0 Å². The average Bonchev–Trinajstić information content (AvgIpc) is 2.39. The van der Waals surface area contributed by atoms with Crippen LogP contribution in [0.15, 0.2) is 24.5 Å². The Morgan fingerprint density at radius 2 is 2.06 bits per heavy atom. The largest absolute Gasteiger partial charge is 0.369 e. The molecule has 0 aliphatic carbocycles. The highest BCUT2D eigenvalue weighted by atomic mass is 127. The van der Waals surface area contributed by atoms with Crippen molar-refractivity contribution in [2.75, 3.05) is 11.9 Å². The predicted octanol–water partition coefficient (Wildman–Crippen LogP) is 3.27. The normalized spacial score (nSPS) is 10.4. The van der Waals surface area contributed by atoms with Crippen LogP contribution in [0.1, 0.15) is 19.0 Å². The monoisotopic (exact) mass is 354 g/mol. The second-order valence-electron chi connectivity index (χ2n) is 4.01. The second-order valence-corrected chi connectivity index (χ2v) is 5.17. The molecule has 0 radical (unpaired) electrons. The molecule has 0 spiro atoms. The summed E-state index contributed by atoms with van der Waals surface area (Å²) in [6, 6.07) is 3.96. The molecule has 18 heavy (non-hydrogen) atoms.